The summed E-state index contributed by atoms with van der Waals surface area (Å²) in [7, 11) is 0. The summed E-state index contributed by atoms with van der Waals surface area (Å²) >= 11 is 12.7. The molecule has 1 aliphatic rings. The largest absolute Gasteiger partial charge is 0.508 e. The molecule has 0 radical (unpaired) electrons. The number of aromatic hydroxyl groups is 1. The molecule has 0 spiro atoms. The van der Waals surface area contributed by atoms with Gasteiger partial charge in [0, 0.05) is 0 Å². The van der Waals surface area contributed by atoms with Crippen LogP contribution in [0.4, 0.5) is 10.5 Å². The molecule has 1 fully saturated rings. The van der Waals surface area contributed by atoms with Crippen LogP contribution in [0.2, 0.25) is 10.0 Å². The molecule has 1 heterocycles. The van der Waals surface area contributed by atoms with Crippen LogP contribution in [0.3, 0.4) is 0 Å². The average molecular weight is 483 g/mol. The minimum Gasteiger partial charge on any atom is -0.508 e. The fourth-order valence-corrected chi connectivity index (χ4v) is 3.80. The van der Waals surface area contributed by atoms with Crippen LogP contribution in [-0.4, -0.2) is 23.0 Å². The van der Waals surface area contributed by atoms with Gasteiger partial charge in [0.25, 0.3) is 11.8 Å². The van der Waals surface area contributed by atoms with Crippen molar-refractivity contribution in [1.29, 1.82) is 0 Å². The first-order valence-corrected chi connectivity index (χ1v) is 10.5. The molecule has 33 heavy (non-hydrogen) atoms. The first-order valence-electron chi connectivity index (χ1n) is 9.70. The van der Waals surface area contributed by atoms with Crippen molar-refractivity contribution in [2.45, 2.75) is 6.61 Å². The van der Waals surface area contributed by atoms with Crippen molar-refractivity contribution in [1.82, 2.24) is 5.32 Å². The Balaban J connectivity index is 1.61. The predicted molar refractivity (Wildman–Crippen MR) is 124 cm³/mol. The number of nitrogens with zero attached hydrogens (tertiary/aromatic N) is 1. The second kappa shape index (κ2) is 9.36. The lowest BCUT2D eigenvalue weighted by Crippen LogP contribution is -2.54. The highest BCUT2D eigenvalue weighted by molar-refractivity contribution is 6.40. The Labute approximate surface area is 198 Å². The van der Waals surface area contributed by atoms with Crippen molar-refractivity contribution in [3.8, 4) is 11.5 Å². The number of benzene rings is 3. The third-order valence-electron chi connectivity index (χ3n) is 4.77. The van der Waals surface area contributed by atoms with Crippen LogP contribution in [0.5, 0.6) is 11.5 Å². The van der Waals surface area contributed by atoms with E-state index in [0.29, 0.717) is 5.56 Å². The number of urea groups is 1. The number of barbiturate groups is 1. The number of anilines is 1. The standard InChI is InChI=1S/C24H16Cl2N2O5/c25-19-11-15(12-20(26)21(19)33-13-14-4-2-1-3-5-14)10-18-22(30)27-24(32)28(23(18)31)16-6-8-17(29)9-7-16/h1-12,29H,13H2,(H,27,30,32)/b18-10-. The van der Waals surface area contributed by atoms with Gasteiger partial charge in [0.15, 0.2) is 5.75 Å². The van der Waals surface area contributed by atoms with E-state index in [1.54, 1.807) is 0 Å². The van der Waals surface area contributed by atoms with Crippen molar-refractivity contribution in [2.75, 3.05) is 4.90 Å². The van der Waals surface area contributed by atoms with Gasteiger partial charge in [-0.25, -0.2) is 9.69 Å². The fourth-order valence-electron chi connectivity index (χ4n) is 3.19. The molecule has 2 N–H and O–H groups in total. The van der Waals surface area contributed by atoms with E-state index in [2.05, 4.69) is 5.32 Å². The Kier molecular flexibility index (Phi) is 6.35. The Hall–Kier alpha value is -3.81. The highest BCUT2D eigenvalue weighted by Crippen LogP contribution is 2.36. The van der Waals surface area contributed by atoms with Crippen LogP contribution in [0.1, 0.15) is 11.1 Å². The van der Waals surface area contributed by atoms with Crippen molar-refractivity contribution in [3.63, 3.8) is 0 Å². The number of phenolic OH excluding ortho intramolecular Hbond substituents is 1. The van der Waals surface area contributed by atoms with Gasteiger partial charge in [0.2, 0.25) is 0 Å². The van der Waals surface area contributed by atoms with E-state index in [0.717, 1.165) is 10.5 Å². The molecule has 0 unspecified atom stereocenters. The Morgan fingerprint density at radius 3 is 2.21 bits per heavy atom. The van der Waals surface area contributed by atoms with Crippen LogP contribution in [0.25, 0.3) is 6.08 Å². The molecule has 0 atom stereocenters. The number of ether oxygens (including phenoxy) is 1. The van der Waals surface area contributed by atoms with E-state index in [1.165, 1.54) is 42.5 Å². The predicted octanol–water partition coefficient (Wildman–Crippen LogP) is 4.94. The highest BCUT2D eigenvalue weighted by atomic mass is 35.5. The highest BCUT2D eigenvalue weighted by Gasteiger charge is 2.36. The molecular weight excluding hydrogens is 467 g/mol. The number of rotatable bonds is 5. The van der Waals surface area contributed by atoms with E-state index < -0.39 is 17.8 Å². The van der Waals surface area contributed by atoms with E-state index in [9.17, 15) is 19.5 Å². The number of amides is 4. The number of hydrogen-bond donors (Lipinski definition) is 2. The lowest BCUT2D eigenvalue weighted by atomic mass is 10.1. The molecule has 7 nitrogen and oxygen atoms in total. The molecule has 1 aliphatic heterocycles. The Morgan fingerprint density at radius 2 is 1.58 bits per heavy atom. The Bertz CT molecular complexity index is 1250. The number of carbonyl (C=O) groups is 3. The molecule has 3 aromatic rings. The van der Waals surface area contributed by atoms with Gasteiger partial charge >= 0.3 is 6.03 Å². The molecular formula is C24H16Cl2N2O5. The molecule has 4 rings (SSSR count). The van der Waals surface area contributed by atoms with Crippen molar-refractivity contribution >= 4 is 52.8 Å². The number of nitrogens with one attached hydrogen (secondary N) is 1. The molecule has 166 valence electrons. The maximum atomic E-state index is 13.0. The summed E-state index contributed by atoms with van der Waals surface area (Å²) in [5.74, 6) is -1.44. The van der Waals surface area contributed by atoms with Gasteiger partial charge in [0.1, 0.15) is 17.9 Å². The summed E-state index contributed by atoms with van der Waals surface area (Å²) in [6.45, 7) is 0.255. The summed E-state index contributed by atoms with van der Waals surface area (Å²) in [6, 6.07) is 17.0. The first kappa shape index (κ1) is 22.4. The normalized spacial score (nSPS) is 15.0. The van der Waals surface area contributed by atoms with E-state index in [4.69, 9.17) is 27.9 Å². The number of hydrogen-bond acceptors (Lipinski definition) is 5. The van der Waals surface area contributed by atoms with E-state index in [-0.39, 0.29) is 39.4 Å². The number of carbonyl (C=O) groups excluding carboxylic acids is 3. The zero-order valence-electron chi connectivity index (χ0n) is 16.9. The maximum absolute atomic E-state index is 13.0. The molecule has 4 amide bonds. The van der Waals surface area contributed by atoms with Crippen molar-refractivity contribution in [3.05, 3.63) is 93.5 Å². The van der Waals surface area contributed by atoms with E-state index in [1.807, 2.05) is 30.3 Å². The van der Waals surface area contributed by atoms with Crippen LogP contribution in [-0.2, 0) is 16.2 Å². The molecule has 1 saturated heterocycles. The Morgan fingerprint density at radius 1 is 0.939 bits per heavy atom. The fraction of sp³-hybridized carbons (Fsp3) is 0.0417. The summed E-state index contributed by atoms with van der Waals surface area (Å²) in [5.41, 5.74) is 1.21. The average Bonchev–Trinajstić information content (AvgIpc) is 2.78. The summed E-state index contributed by atoms with van der Waals surface area (Å²) in [5, 5.41) is 12.0. The van der Waals surface area contributed by atoms with Crippen LogP contribution in [0, 0.1) is 0 Å². The molecule has 0 aromatic heterocycles. The molecule has 0 bridgehead atoms. The lowest BCUT2D eigenvalue weighted by Gasteiger charge is -2.26. The monoisotopic (exact) mass is 482 g/mol. The third kappa shape index (κ3) is 4.84. The second-order valence-electron chi connectivity index (χ2n) is 7.06. The van der Waals surface area contributed by atoms with Gasteiger partial charge in [-0.05, 0) is 53.6 Å². The molecule has 3 aromatic carbocycles. The lowest BCUT2D eigenvalue weighted by molar-refractivity contribution is -0.122. The number of imide groups is 2. The van der Waals surface area contributed by atoms with Gasteiger partial charge in [-0.3, -0.25) is 14.9 Å². The number of halogens is 2. The maximum Gasteiger partial charge on any atom is 0.335 e. The molecule has 9 heteroatoms. The van der Waals surface area contributed by atoms with Crippen molar-refractivity contribution < 1.29 is 24.2 Å². The van der Waals surface area contributed by atoms with E-state index >= 15 is 0 Å². The SMILES string of the molecule is O=C1NC(=O)N(c2ccc(O)cc2)C(=O)/C1=C\c1cc(Cl)c(OCc2ccccc2)c(Cl)c1. The van der Waals surface area contributed by atoms with Crippen molar-refractivity contribution in [2.24, 2.45) is 0 Å². The summed E-state index contributed by atoms with van der Waals surface area (Å²) in [6.07, 6.45) is 1.29. The van der Waals surface area contributed by atoms with Gasteiger partial charge in [-0.15, -0.1) is 0 Å². The first-order chi connectivity index (χ1) is 15.8. The van der Waals surface area contributed by atoms with Gasteiger partial charge < -0.3 is 9.84 Å². The minimum absolute atomic E-state index is 0.0330. The van der Waals surface area contributed by atoms with Gasteiger partial charge in [-0.1, -0.05) is 53.5 Å². The zero-order chi connectivity index (χ0) is 23.5. The topological polar surface area (TPSA) is 95.9 Å². The smallest absolute Gasteiger partial charge is 0.335 e. The number of phenols is 1. The zero-order valence-corrected chi connectivity index (χ0v) is 18.4. The minimum atomic E-state index is -0.895. The quantitative estimate of drug-likeness (QED) is 0.396. The van der Waals surface area contributed by atoms with Crippen LogP contribution < -0.4 is 15.0 Å². The molecule has 0 aliphatic carbocycles. The van der Waals surface area contributed by atoms with Gasteiger partial charge in [-0.2, -0.15) is 0 Å². The van der Waals surface area contributed by atoms with Gasteiger partial charge in [0.05, 0.1) is 15.7 Å². The second-order valence-corrected chi connectivity index (χ2v) is 7.88. The third-order valence-corrected chi connectivity index (χ3v) is 5.33. The summed E-state index contributed by atoms with van der Waals surface area (Å²) < 4.78 is 5.74. The van der Waals surface area contributed by atoms with Crippen LogP contribution >= 0.6 is 23.2 Å². The van der Waals surface area contributed by atoms with Crippen LogP contribution in [0.15, 0.2) is 72.3 Å². The molecule has 0 saturated carbocycles. The summed E-state index contributed by atoms with van der Waals surface area (Å²) in [4.78, 5) is 38.4.